The summed E-state index contributed by atoms with van der Waals surface area (Å²) >= 11 is 0. The first-order valence-electron chi connectivity index (χ1n) is 19.3. The number of hydrogen-bond acceptors (Lipinski definition) is 2. The number of hydrogen-bond donors (Lipinski definition) is 0. The van der Waals surface area contributed by atoms with E-state index in [1.54, 1.807) is 0 Å². The van der Waals surface area contributed by atoms with Crippen molar-refractivity contribution in [3.63, 3.8) is 0 Å². The van der Waals surface area contributed by atoms with Gasteiger partial charge in [0.25, 0.3) is 0 Å². The van der Waals surface area contributed by atoms with Gasteiger partial charge in [-0.3, -0.25) is 0 Å². The van der Waals surface area contributed by atoms with Crippen molar-refractivity contribution in [1.82, 2.24) is 0 Å². The SMILES string of the molecule is CC(C)(C)c1ccc2c(c1)-c1ccc(N(c3ccc(-c4ccccc4)cc3)c3ccc4ccccc4c3-c3cccc4oc5ccccc5c34)cc1C2(C)C. The molecule has 0 bridgehead atoms. The normalized spacial score (nSPS) is 13.3. The van der Waals surface area contributed by atoms with E-state index in [1.165, 1.54) is 55.3 Å². The average Bonchev–Trinajstić information content (AvgIpc) is 3.70. The Kier molecular flexibility index (Phi) is 7.44. The van der Waals surface area contributed by atoms with Gasteiger partial charge in [-0.25, -0.2) is 0 Å². The second kappa shape index (κ2) is 12.3. The molecule has 1 aliphatic carbocycles. The van der Waals surface area contributed by atoms with Crippen molar-refractivity contribution in [2.45, 2.75) is 45.4 Å². The third-order valence-electron chi connectivity index (χ3n) is 11.8. The largest absolute Gasteiger partial charge is 0.456 e. The Balaban J connectivity index is 1.24. The van der Waals surface area contributed by atoms with E-state index in [2.05, 4.69) is 203 Å². The molecule has 266 valence electrons. The van der Waals surface area contributed by atoms with Crippen LogP contribution in [0.2, 0.25) is 0 Å². The topological polar surface area (TPSA) is 16.4 Å². The molecule has 55 heavy (non-hydrogen) atoms. The van der Waals surface area contributed by atoms with Gasteiger partial charge in [-0.05, 0) is 103 Å². The molecule has 1 aromatic heterocycles. The molecule has 0 amide bonds. The van der Waals surface area contributed by atoms with Gasteiger partial charge in [-0.1, -0.05) is 162 Å². The molecule has 10 rings (SSSR count). The number of furan rings is 1. The lowest BCUT2D eigenvalue weighted by atomic mass is 9.80. The Bertz CT molecular complexity index is 2920. The predicted molar refractivity (Wildman–Crippen MR) is 233 cm³/mol. The van der Waals surface area contributed by atoms with Gasteiger partial charge in [0.1, 0.15) is 11.2 Å². The lowest BCUT2D eigenvalue weighted by molar-refractivity contribution is 0.589. The fourth-order valence-corrected chi connectivity index (χ4v) is 8.92. The zero-order chi connectivity index (χ0) is 37.5. The minimum atomic E-state index is -0.159. The smallest absolute Gasteiger partial charge is 0.136 e. The van der Waals surface area contributed by atoms with Crippen molar-refractivity contribution < 1.29 is 4.42 Å². The summed E-state index contributed by atoms with van der Waals surface area (Å²) in [6.07, 6.45) is 0. The Labute approximate surface area is 323 Å². The zero-order valence-corrected chi connectivity index (χ0v) is 32.0. The number of benzene rings is 8. The molecular weight excluding hydrogens is 667 g/mol. The maximum atomic E-state index is 6.47. The van der Waals surface area contributed by atoms with E-state index in [0.717, 1.165) is 44.6 Å². The van der Waals surface area contributed by atoms with E-state index >= 15 is 0 Å². The summed E-state index contributed by atoms with van der Waals surface area (Å²) in [5.41, 5.74) is 16.6. The second-order valence-corrected chi connectivity index (χ2v) is 16.6. The summed E-state index contributed by atoms with van der Waals surface area (Å²) < 4.78 is 6.47. The minimum absolute atomic E-state index is 0.0697. The number of anilines is 3. The van der Waals surface area contributed by atoms with E-state index < -0.39 is 0 Å². The molecule has 0 saturated carbocycles. The fraction of sp³-hybridized carbons (Fsp3) is 0.132. The van der Waals surface area contributed by atoms with Crippen molar-refractivity contribution in [1.29, 1.82) is 0 Å². The first-order valence-corrected chi connectivity index (χ1v) is 19.3. The van der Waals surface area contributed by atoms with Gasteiger partial charge in [0.15, 0.2) is 0 Å². The highest BCUT2D eigenvalue weighted by atomic mass is 16.3. The van der Waals surface area contributed by atoms with Crippen LogP contribution < -0.4 is 4.90 Å². The maximum absolute atomic E-state index is 6.47. The van der Waals surface area contributed by atoms with E-state index in [0.29, 0.717) is 0 Å². The van der Waals surface area contributed by atoms with Gasteiger partial charge in [0, 0.05) is 33.1 Å². The van der Waals surface area contributed by atoms with Crippen LogP contribution in [0.4, 0.5) is 17.1 Å². The fourth-order valence-electron chi connectivity index (χ4n) is 8.92. The molecule has 0 spiro atoms. The van der Waals surface area contributed by atoms with E-state index in [-0.39, 0.29) is 10.8 Å². The first kappa shape index (κ1) is 33.2. The van der Waals surface area contributed by atoms with E-state index in [9.17, 15) is 0 Å². The van der Waals surface area contributed by atoms with Crippen LogP contribution in [0.5, 0.6) is 0 Å². The average molecular weight is 710 g/mol. The van der Waals surface area contributed by atoms with Crippen LogP contribution in [0.3, 0.4) is 0 Å². The maximum Gasteiger partial charge on any atom is 0.136 e. The summed E-state index contributed by atoms with van der Waals surface area (Å²) in [7, 11) is 0. The zero-order valence-electron chi connectivity index (χ0n) is 32.0. The van der Waals surface area contributed by atoms with E-state index in [4.69, 9.17) is 4.42 Å². The quantitative estimate of drug-likeness (QED) is 0.177. The molecule has 0 N–H and O–H groups in total. The number of nitrogens with zero attached hydrogens (tertiary/aromatic N) is 1. The van der Waals surface area contributed by atoms with Crippen molar-refractivity contribution in [2.75, 3.05) is 4.90 Å². The number of fused-ring (bicyclic) bond motifs is 7. The highest BCUT2D eigenvalue weighted by Crippen LogP contribution is 2.53. The molecule has 1 heterocycles. The summed E-state index contributed by atoms with van der Waals surface area (Å²) in [5.74, 6) is 0. The van der Waals surface area contributed by atoms with Gasteiger partial charge in [0.2, 0.25) is 0 Å². The molecule has 0 fully saturated rings. The van der Waals surface area contributed by atoms with Gasteiger partial charge in [-0.15, -0.1) is 0 Å². The van der Waals surface area contributed by atoms with Crippen molar-refractivity contribution in [2.24, 2.45) is 0 Å². The van der Waals surface area contributed by atoms with Crippen LogP contribution in [-0.4, -0.2) is 0 Å². The molecule has 2 heteroatoms. The molecule has 2 nitrogen and oxygen atoms in total. The molecular formula is C53H43NO. The van der Waals surface area contributed by atoms with Crippen LogP contribution in [0.1, 0.15) is 51.3 Å². The lowest BCUT2D eigenvalue weighted by Crippen LogP contribution is -2.17. The Morgan fingerprint density at radius 3 is 1.98 bits per heavy atom. The molecule has 0 saturated heterocycles. The molecule has 9 aromatic rings. The lowest BCUT2D eigenvalue weighted by Gasteiger charge is -2.30. The molecule has 8 aromatic carbocycles. The van der Waals surface area contributed by atoms with Crippen LogP contribution in [0, 0.1) is 0 Å². The van der Waals surface area contributed by atoms with Gasteiger partial charge in [-0.2, -0.15) is 0 Å². The summed E-state index contributed by atoms with van der Waals surface area (Å²) in [5, 5.41) is 4.66. The third kappa shape index (κ3) is 5.31. The standard InChI is InChI=1S/C53H43NO/c1-52(2,3)37-25-30-45-44(32-37)41-29-28-39(33-46(41)53(45,4)5)54(38-26-22-35(23-27-38)34-14-7-6-8-15-34)47-31-24-36-16-9-10-17-40(36)50(47)43-19-13-21-49-51(43)42-18-11-12-20-48(42)55-49/h6-33H,1-5H3. The monoisotopic (exact) mass is 709 g/mol. The van der Waals surface area contributed by atoms with Crippen LogP contribution in [0.15, 0.2) is 174 Å². The summed E-state index contributed by atoms with van der Waals surface area (Å²) in [4.78, 5) is 2.47. The first-order chi connectivity index (χ1) is 26.7. The van der Waals surface area contributed by atoms with Gasteiger partial charge in [0.05, 0.1) is 5.69 Å². The number of para-hydroxylation sites is 1. The van der Waals surface area contributed by atoms with Crippen molar-refractivity contribution >= 4 is 49.8 Å². The summed E-state index contributed by atoms with van der Waals surface area (Å²) in [6, 6.07) is 62.2. The highest BCUT2D eigenvalue weighted by Gasteiger charge is 2.37. The molecule has 0 radical (unpaired) electrons. The molecule has 1 aliphatic rings. The van der Waals surface area contributed by atoms with Crippen molar-refractivity contribution in [3.05, 3.63) is 187 Å². The van der Waals surface area contributed by atoms with Crippen LogP contribution in [-0.2, 0) is 10.8 Å². The summed E-state index contributed by atoms with van der Waals surface area (Å²) in [6.45, 7) is 11.7. The predicted octanol–water partition coefficient (Wildman–Crippen LogP) is 15.1. The van der Waals surface area contributed by atoms with Gasteiger partial charge >= 0.3 is 0 Å². The molecule has 0 aliphatic heterocycles. The Morgan fingerprint density at radius 1 is 0.491 bits per heavy atom. The Morgan fingerprint density at radius 2 is 1.18 bits per heavy atom. The molecule has 0 unspecified atom stereocenters. The van der Waals surface area contributed by atoms with E-state index in [1.807, 2.05) is 6.07 Å². The second-order valence-electron chi connectivity index (χ2n) is 16.6. The Hall–Kier alpha value is -6.38. The third-order valence-corrected chi connectivity index (χ3v) is 11.8. The number of rotatable bonds is 5. The van der Waals surface area contributed by atoms with Crippen molar-refractivity contribution in [3.8, 4) is 33.4 Å². The van der Waals surface area contributed by atoms with Gasteiger partial charge < -0.3 is 9.32 Å². The minimum Gasteiger partial charge on any atom is -0.456 e. The van der Waals surface area contributed by atoms with Crippen LogP contribution >= 0.6 is 0 Å². The highest BCUT2D eigenvalue weighted by molar-refractivity contribution is 6.18. The molecule has 0 atom stereocenters. The van der Waals surface area contributed by atoms with Crippen LogP contribution in [0.25, 0.3) is 66.1 Å².